The van der Waals surface area contributed by atoms with Gasteiger partial charge in [0.05, 0.1) is 23.0 Å². The Bertz CT molecular complexity index is 1250. The van der Waals surface area contributed by atoms with Crippen LogP contribution in [0.15, 0.2) is 65.2 Å². The minimum atomic E-state index is -1.04. The molecule has 2 N–H and O–H groups in total. The standard InChI is InChI=1S/C22H15FN2O4/c1-24-21(26)19-16-10-17(13-3-2-4-14(9-13)22(27)28)25-11-18(16)29-20(19)12-5-7-15(23)8-6-12/h2-11H,1H3,(H,24,26)(H,27,28). The quantitative estimate of drug-likeness (QED) is 0.540. The predicted octanol–water partition coefficient (Wildman–Crippen LogP) is 4.36. The summed E-state index contributed by atoms with van der Waals surface area (Å²) >= 11 is 0. The third-order valence-electron chi connectivity index (χ3n) is 4.54. The number of aromatic nitrogens is 1. The summed E-state index contributed by atoms with van der Waals surface area (Å²) in [6, 6.07) is 13.7. The Morgan fingerprint density at radius 1 is 1.07 bits per heavy atom. The van der Waals surface area contributed by atoms with Crippen LogP contribution in [0.2, 0.25) is 0 Å². The first kappa shape index (κ1) is 18.4. The van der Waals surface area contributed by atoms with Crippen LogP contribution in [0, 0.1) is 5.82 Å². The van der Waals surface area contributed by atoms with Crippen molar-refractivity contribution in [2.24, 2.45) is 0 Å². The average Bonchev–Trinajstić information content (AvgIpc) is 3.12. The van der Waals surface area contributed by atoms with Crippen molar-refractivity contribution in [2.75, 3.05) is 7.05 Å². The number of amides is 1. The summed E-state index contributed by atoms with van der Waals surface area (Å²) in [5.74, 6) is -1.49. The van der Waals surface area contributed by atoms with Gasteiger partial charge in [0, 0.05) is 23.6 Å². The molecule has 7 heteroatoms. The summed E-state index contributed by atoms with van der Waals surface area (Å²) in [6.45, 7) is 0. The van der Waals surface area contributed by atoms with Crippen LogP contribution >= 0.6 is 0 Å². The number of rotatable bonds is 4. The van der Waals surface area contributed by atoms with Gasteiger partial charge in [-0.05, 0) is 42.5 Å². The Labute approximate surface area is 164 Å². The summed E-state index contributed by atoms with van der Waals surface area (Å²) in [5, 5.41) is 12.3. The van der Waals surface area contributed by atoms with Crippen molar-refractivity contribution in [1.82, 2.24) is 10.3 Å². The minimum Gasteiger partial charge on any atom is -0.478 e. The van der Waals surface area contributed by atoms with Gasteiger partial charge in [0.1, 0.15) is 11.6 Å². The van der Waals surface area contributed by atoms with Gasteiger partial charge in [-0.15, -0.1) is 0 Å². The summed E-state index contributed by atoms with van der Waals surface area (Å²) in [7, 11) is 1.51. The van der Waals surface area contributed by atoms with Gasteiger partial charge in [-0.25, -0.2) is 9.18 Å². The van der Waals surface area contributed by atoms with Gasteiger partial charge in [0.15, 0.2) is 5.58 Å². The van der Waals surface area contributed by atoms with E-state index < -0.39 is 11.8 Å². The van der Waals surface area contributed by atoms with E-state index in [1.165, 1.54) is 49.6 Å². The summed E-state index contributed by atoms with van der Waals surface area (Å²) in [6.07, 6.45) is 1.48. The first-order valence-corrected chi connectivity index (χ1v) is 8.72. The molecule has 0 saturated carbocycles. The number of pyridine rings is 1. The molecule has 0 unspecified atom stereocenters. The Kier molecular flexibility index (Phi) is 4.56. The van der Waals surface area contributed by atoms with E-state index in [2.05, 4.69) is 10.3 Å². The molecule has 2 aromatic carbocycles. The average molecular weight is 390 g/mol. The highest BCUT2D eigenvalue weighted by atomic mass is 19.1. The molecule has 0 saturated heterocycles. The highest BCUT2D eigenvalue weighted by molar-refractivity contribution is 6.11. The number of benzene rings is 2. The number of fused-ring (bicyclic) bond motifs is 1. The van der Waals surface area contributed by atoms with Gasteiger partial charge >= 0.3 is 5.97 Å². The SMILES string of the molecule is CNC(=O)c1c(-c2ccc(F)cc2)oc2cnc(-c3cccc(C(=O)O)c3)cc12. The van der Waals surface area contributed by atoms with Gasteiger partial charge in [-0.2, -0.15) is 0 Å². The second kappa shape index (κ2) is 7.20. The zero-order valence-corrected chi connectivity index (χ0v) is 15.3. The van der Waals surface area contributed by atoms with Crippen LogP contribution in [0.3, 0.4) is 0 Å². The van der Waals surface area contributed by atoms with E-state index in [1.807, 2.05) is 0 Å². The number of halogens is 1. The Hall–Kier alpha value is -4.00. The molecule has 0 aliphatic heterocycles. The van der Waals surface area contributed by atoms with E-state index in [1.54, 1.807) is 18.2 Å². The number of aromatic carboxylic acids is 1. The van der Waals surface area contributed by atoms with Crippen molar-refractivity contribution in [3.63, 3.8) is 0 Å². The zero-order valence-electron chi connectivity index (χ0n) is 15.3. The fourth-order valence-corrected chi connectivity index (χ4v) is 3.13. The predicted molar refractivity (Wildman–Crippen MR) is 105 cm³/mol. The van der Waals surface area contributed by atoms with E-state index >= 15 is 0 Å². The van der Waals surface area contributed by atoms with E-state index in [-0.39, 0.29) is 11.5 Å². The number of carboxylic acids is 1. The van der Waals surface area contributed by atoms with Crippen LogP contribution < -0.4 is 5.32 Å². The van der Waals surface area contributed by atoms with Gasteiger partial charge in [0.2, 0.25) is 0 Å². The first-order valence-electron chi connectivity index (χ1n) is 8.72. The molecule has 0 aliphatic rings. The van der Waals surface area contributed by atoms with Crippen molar-refractivity contribution >= 4 is 22.8 Å². The number of hydrogen-bond donors (Lipinski definition) is 2. The topological polar surface area (TPSA) is 92.4 Å². The molecule has 6 nitrogen and oxygen atoms in total. The lowest BCUT2D eigenvalue weighted by Crippen LogP contribution is -2.18. The maximum absolute atomic E-state index is 13.3. The minimum absolute atomic E-state index is 0.134. The molecule has 0 fully saturated rings. The molecule has 0 bridgehead atoms. The lowest BCUT2D eigenvalue weighted by atomic mass is 10.0. The van der Waals surface area contributed by atoms with Crippen LogP contribution in [0.5, 0.6) is 0 Å². The van der Waals surface area contributed by atoms with Crippen molar-refractivity contribution in [1.29, 1.82) is 0 Å². The molecule has 0 spiro atoms. The summed E-state index contributed by atoms with van der Waals surface area (Å²) < 4.78 is 19.2. The van der Waals surface area contributed by atoms with Gasteiger partial charge in [-0.1, -0.05) is 12.1 Å². The highest BCUT2D eigenvalue weighted by Crippen LogP contribution is 2.35. The van der Waals surface area contributed by atoms with Crippen LogP contribution in [0.25, 0.3) is 33.6 Å². The fourth-order valence-electron chi connectivity index (χ4n) is 3.13. The smallest absolute Gasteiger partial charge is 0.335 e. The molecule has 0 radical (unpaired) electrons. The van der Waals surface area contributed by atoms with Crippen LogP contribution in [0.4, 0.5) is 4.39 Å². The molecule has 0 aliphatic carbocycles. The zero-order chi connectivity index (χ0) is 20.5. The number of carboxylic acid groups (broad SMARTS) is 1. The van der Waals surface area contributed by atoms with Crippen molar-refractivity contribution in [3.05, 3.63) is 77.7 Å². The van der Waals surface area contributed by atoms with E-state index in [0.29, 0.717) is 39.1 Å². The molecule has 4 aromatic rings. The number of carbonyl (C=O) groups is 2. The van der Waals surface area contributed by atoms with Crippen LogP contribution in [0.1, 0.15) is 20.7 Å². The van der Waals surface area contributed by atoms with E-state index in [9.17, 15) is 19.1 Å². The third kappa shape index (κ3) is 3.34. The number of furan rings is 1. The number of carbonyl (C=O) groups excluding carboxylic acids is 1. The van der Waals surface area contributed by atoms with Crippen molar-refractivity contribution in [3.8, 4) is 22.6 Å². The first-order chi connectivity index (χ1) is 14.0. The monoisotopic (exact) mass is 390 g/mol. The fraction of sp³-hybridized carbons (Fsp3) is 0.0455. The molecule has 2 aromatic heterocycles. The molecule has 29 heavy (non-hydrogen) atoms. The Balaban J connectivity index is 1.92. The highest BCUT2D eigenvalue weighted by Gasteiger charge is 2.22. The number of nitrogens with zero attached hydrogens (tertiary/aromatic N) is 1. The molecular weight excluding hydrogens is 375 g/mol. The van der Waals surface area contributed by atoms with Gasteiger partial charge < -0.3 is 14.8 Å². The molecule has 144 valence electrons. The van der Waals surface area contributed by atoms with Gasteiger partial charge in [0.25, 0.3) is 5.91 Å². The Morgan fingerprint density at radius 3 is 2.52 bits per heavy atom. The molecular formula is C22H15FN2O4. The second-order valence-electron chi connectivity index (χ2n) is 6.34. The molecule has 4 rings (SSSR count). The van der Waals surface area contributed by atoms with Crippen LogP contribution in [-0.2, 0) is 0 Å². The normalized spacial score (nSPS) is 10.8. The second-order valence-corrected chi connectivity index (χ2v) is 6.34. The van der Waals surface area contributed by atoms with E-state index in [4.69, 9.17) is 4.42 Å². The summed E-state index contributed by atoms with van der Waals surface area (Å²) in [4.78, 5) is 28.2. The number of nitrogens with one attached hydrogen (secondary N) is 1. The molecule has 0 atom stereocenters. The maximum Gasteiger partial charge on any atom is 0.335 e. The Morgan fingerprint density at radius 2 is 1.83 bits per heavy atom. The largest absolute Gasteiger partial charge is 0.478 e. The van der Waals surface area contributed by atoms with Crippen LogP contribution in [-0.4, -0.2) is 29.0 Å². The maximum atomic E-state index is 13.3. The third-order valence-corrected chi connectivity index (χ3v) is 4.54. The molecule has 2 heterocycles. The number of hydrogen-bond acceptors (Lipinski definition) is 4. The lowest BCUT2D eigenvalue weighted by molar-refractivity contribution is 0.0696. The van der Waals surface area contributed by atoms with Gasteiger partial charge in [-0.3, -0.25) is 9.78 Å². The van der Waals surface area contributed by atoms with Crippen molar-refractivity contribution in [2.45, 2.75) is 0 Å². The molecule has 1 amide bonds. The lowest BCUT2D eigenvalue weighted by Gasteiger charge is -2.04. The van der Waals surface area contributed by atoms with Crippen molar-refractivity contribution < 1.29 is 23.5 Å². The van der Waals surface area contributed by atoms with E-state index in [0.717, 1.165) is 0 Å². The summed E-state index contributed by atoms with van der Waals surface area (Å²) in [5.41, 5.74) is 2.47.